The highest BCUT2D eigenvalue weighted by atomic mass is 16.2. The molecule has 0 spiro atoms. The summed E-state index contributed by atoms with van der Waals surface area (Å²) in [6.45, 7) is 7.67. The van der Waals surface area contributed by atoms with Gasteiger partial charge in [0.05, 0.1) is 12.5 Å². The SMILES string of the molecule is CC(=O)N[C@H](CC(=O)Nc1c(C)cccc1C(C)C)c1ccccc1. The molecule has 0 aromatic heterocycles. The predicted octanol–water partition coefficient (Wildman–Crippen LogP) is 4.32. The molecule has 2 rings (SSSR count). The monoisotopic (exact) mass is 338 g/mol. The summed E-state index contributed by atoms with van der Waals surface area (Å²) in [5, 5.41) is 5.91. The second kappa shape index (κ2) is 8.47. The molecular formula is C21H26N2O2. The van der Waals surface area contributed by atoms with Crippen LogP contribution in [0.1, 0.15) is 55.8 Å². The van der Waals surface area contributed by atoms with Gasteiger partial charge in [-0.25, -0.2) is 0 Å². The van der Waals surface area contributed by atoms with Gasteiger partial charge in [0.15, 0.2) is 0 Å². The Bertz CT molecular complexity index is 739. The minimum absolute atomic E-state index is 0.112. The summed E-state index contributed by atoms with van der Waals surface area (Å²) in [7, 11) is 0. The van der Waals surface area contributed by atoms with Crippen LogP contribution in [-0.4, -0.2) is 11.8 Å². The summed E-state index contributed by atoms with van der Waals surface area (Å²) in [6.07, 6.45) is 0.190. The molecule has 0 bridgehead atoms. The first-order valence-electron chi connectivity index (χ1n) is 8.60. The Morgan fingerprint density at radius 3 is 2.28 bits per heavy atom. The fourth-order valence-corrected chi connectivity index (χ4v) is 2.90. The molecule has 2 N–H and O–H groups in total. The number of hydrogen-bond donors (Lipinski definition) is 2. The molecule has 0 unspecified atom stereocenters. The molecule has 25 heavy (non-hydrogen) atoms. The van der Waals surface area contributed by atoms with Crippen LogP contribution in [-0.2, 0) is 9.59 Å². The Kier molecular flexibility index (Phi) is 6.34. The van der Waals surface area contributed by atoms with Gasteiger partial charge in [-0.15, -0.1) is 0 Å². The van der Waals surface area contributed by atoms with E-state index in [-0.39, 0.29) is 24.3 Å². The van der Waals surface area contributed by atoms with Crippen molar-refractivity contribution in [3.8, 4) is 0 Å². The van der Waals surface area contributed by atoms with Gasteiger partial charge in [0.2, 0.25) is 11.8 Å². The van der Waals surface area contributed by atoms with E-state index in [1.165, 1.54) is 6.92 Å². The van der Waals surface area contributed by atoms with Crippen LogP contribution in [0, 0.1) is 6.92 Å². The molecule has 0 heterocycles. The highest BCUT2D eigenvalue weighted by Crippen LogP contribution is 2.28. The number of anilines is 1. The number of amides is 2. The van der Waals surface area contributed by atoms with Gasteiger partial charge >= 0.3 is 0 Å². The van der Waals surface area contributed by atoms with Crippen molar-refractivity contribution in [1.29, 1.82) is 0 Å². The summed E-state index contributed by atoms with van der Waals surface area (Å²) in [5.41, 5.74) is 3.94. The zero-order valence-electron chi connectivity index (χ0n) is 15.3. The number of nitrogens with one attached hydrogen (secondary N) is 2. The van der Waals surface area contributed by atoms with Crippen LogP contribution in [0.25, 0.3) is 0 Å². The third-order valence-electron chi connectivity index (χ3n) is 4.16. The van der Waals surface area contributed by atoms with Crippen LogP contribution in [0.3, 0.4) is 0 Å². The van der Waals surface area contributed by atoms with Crippen molar-refractivity contribution < 1.29 is 9.59 Å². The molecule has 4 nitrogen and oxygen atoms in total. The number of hydrogen-bond acceptors (Lipinski definition) is 2. The number of rotatable bonds is 6. The maximum absolute atomic E-state index is 12.6. The van der Waals surface area contributed by atoms with Gasteiger partial charge in [-0.3, -0.25) is 9.59 Å². The molecule has 2 amide bonds. The minimum atomic E-state index is -0.342. The van der Waals surface area contributed by atoms with Crippen molar-refractivity contribution in [3.05, 3.63) is 65.2 Å². The maximum atomic E-state index is 12.6. The van der Waals surface area contributed by atoms with Crippen LogP contribution in [0.15, 0.2) is 48.5 Å². The second-order valence-electron chi connectivity index (χ2n) is 6.61. The first-order chi connectivity index (χ1) is 11.9. The van der Waals surface area contributed by atoms with E-state index in [1.54, 1.807) is 0 Å². The quantitative estimate of drug-likeness (QED) is 0.824. The van der Waals surface area contributed by atoms with E-state index in [1.807, 2.05) is 55.5 Å². The van der Waals surface area contributed by atoms with Gasteiger partial charge in [0, 0.05) is 12.6 Å². The fourth-order valence-electron chi connectivity index (χ4n) is 2.90. The number of para-hydroxylation sites is 1. The molecular weight excluding hydrogens is 312 g/mol. The highest BCUT2D eigenvalue weighted by Gasteiger charge is 2.19. The standard InChI is InChI=1S/C21H26N2O2/c1-14(2)18-12-8-9-15(3)21(18)23-20(25)13-19(22-16(4)24)17-10-6-5-7-11-17/h5-12,14,19H,13H2,1-4H3,(H,22,24)(H,23,25)/t19-/m1/s1. The van der Waals surface area contributed by atoms with Crippen LogP contribution in [0.2, 0.25) is 0 Å². The number of aryl methyl sites for hydroxylation is 1. The zero-order valence-corrected chi connectivity index (χ0v) is 15.3. The highest BCUT2D eigenvalue weighted by molar-refractivity contribution is 5.93. The van der Waals surface area contributed by atoms with Gasteiger partial charge in [-0.2, -0.15) is 0 Å². The maximum Gasteiger partial charge on any atom is 0.226 e. The lowest BCUT2D eigenvalue weighted by Crippen LogP contribution is -2.30. The summed E-state index contributed by atoms with van der Waals surface area (Å²) < 4.78 is 0. The Morgan fingerprint density at radius 2 is 1.68 bits per heavy atom. The van der Waals surface area contributed by atoms with E-state index in [0.29, 0.717) is 5.92 Å². The topological polar surface area (TPSA) is 58.2 Å². The molecule has 0 fully saturated rings. The van der Waals surface area contributed by atoms with Crippen molar-refractivity contribution in [3.63, 3.8) is 0 Å². The molecule has 0 aliphatic rings. The van der Waals surface area contributed by atoms with Crippen LogP contribution >= 0.6 is 0 Å². The fraction of sp³-hybridized carbons (Fsp3) is 0.333. The Hall–Kier alpha value is -2.62. The zero-order chi connectivity index (χ0) is 18.4. The Labute approximate surface area is 149 Å². The molecule has 0 aliphatic heterocycles. The van der Waals surface area contributed by atoms with Gasteiger partial charge < -0.3 is 10.6 Å². The van der Waals surface area contributed by atoms with E-state index < -0.39 is 0 Å². The summed E-state index contributed by atoms with van der Waals surface area (Å²) in [6, 6.07) is 15.2. The molecule has 0 saturated heterocycles. The van der Waals surface area contributed by atoms with Crippen LogP contribution in [0.5, 0.6) is 0 Å². The van der Waals surface area contributed by atoms with Gasteiger partial charge in [-0.05, 0) is 29.5 Å². The minimum Gasteiger partial charge on any atom is -0.349 e. The van der Waals surface area contributed by atoms with E-state index in [9.17, 15) is 9.59 Å². The predicted molar refractivity (Wildman–Crippen MR) is 102 cm³/mol. The van der Waals surface area contributed by atoms with Crippen molar-refractivity contribution in [2.45, 2.75) is 46.1 Å². The molecule has 2 aromatic rings. The largest absolute Gasteiger partial charge is 0.349 e. The third kappa shape index (κ3) is 5.18. The number of benzene rings is 2. The Balaban J connectivity index is 2.19. The summed E-state index contributed by atoms with van der Waals surface area (Å²) in [4.78, 5) is 24.2. The van der Waals surface area contributed by atoms with Gasteiger partial charge in [0.1, 0.15) is 0 Å². The number of carbonyl (C=O) groups excluding carboxylic acids is 2. The first kappa shape index (κ1) is 18.7. The molecule has 132 valence electrons. The van der Waals surface area contributed by atoms with E-state index >= 15 is 0 Å². The van der Waals surface area contributed by atoms with Crippen molar-refractivity contribution in [1.82, 2.24) is 5.32 Å². The van der Waals surface area contributed by atoms with Gasteiger partial charge in [0.25, 0.3) is 0 Å². The van der Waals surface area contributed by atoms with Crippen molar-refractivity contribution in [2.75, 3.05) is 5.32 Å². The normalized spacial score (nSPS) is 11.9. The van der Waals surface area contributed by atoms with Crippen LogP contribution < -0.4 is 10.6 Å². The average Bonchev–Trinajstić information content (AvgIpc) is 2.56. The van der Waals surface area contributed by atoms with Gasteiger partial charge in [-0.1, -0.05) is 62.4 Å². The lowest BCUT2D eigenvalue weighted by Gasteiger charge is -2.20. The molecule has 4 heteroatoms. The molecule has 0 aliphatic carbocycles. The van der Waals surface area contributed by atoms with E-state index in [4.69, 9.17) is 0 Å². The molecule has 0 radical (unpaired) electrons. The van der Waals surface area contributed by atoms with Crippen LogP contribution in [0.4, 0.5) is 5.69 Å². The third-order valence-corrected chi connectivity index (χ3v) is 4.16. The van der Waals surface area contributed by atoms with Crippen molar-refractivity contribution >= 4 is 17.5 Å². The Morgan fingerprint density at radius 1 is 1.00 bits per heavy atom. The number of carbonyl (C=O) groups is 2. The lowest BCUT2D eigenvalue weighted by molar-refractivity contribution is -0.120. The smallest absolute Gasteiger partial charge is 0.226 e. The molecule has 1 atom stereocenters. The van der Waals surface area contributed by atoms with E-state index in [2.05, 4.69) is 24.5 Å². The van der Waals surface area contributed by atoms with Crippen molar-refractivity contribution in [2.24, 2.45) is 0 Å². The summed E-state index contributed by atoms with van der Waals surface area (Å²) >= 11 is 0. The van der Waals surface area contributed by atoms with E-state index in [0.717, 1.165) is 22.4 Å². The molecule has 0 saturated carbocycles. The molecule has 2 aromatic carbocycles. The average molecular weight is 338 g/mol. The summed E-state index contributed by atoms with van der Waals surface area (Å²) in [5.74, 6) is 0.0506. The second-order valence-corrected chi connectivity index (χ2v) is 6.61. The lowest BCUT2D eigenvalue weighted by atomic mass is 9.97. The first-order valence-corrected chi connectivity index (χ1v) is 8.60.